The first-order valence-corrected chi connectivity index (χ1v) is 7.47. The van der Waals surface area contributed by atoms with Crippen molar-refractivity contribution in [2.75, 3.05) is 6.26 Å². The van der Waals surface area contributed by atoms with Gasteiger partial charge in [0.05, 0.1) is 11.2 Å². The minimum absolute atomic E-state index is 0.620. The van der Waals surface area contributed by atoms with Crippen LogP contribution in [0.4, 0.5) is 0 Å². The van der Waals surface area contributed by atoms with E-state index in [9.17, 15) is 5.11 Å². The van der Waals surface area contributed by atoms with E-state index in [4.69, 9.17) is 4.65 Å². The number of benzene rings is 1. The van der Waals surface area contributed by atoms with Crippen LogP contribution in [-0.4, -0.2) is 30.0 Å². The molecule has 0 bridgehead atoms. The molecule has 1 N–H and O–H groups in total. The fourth-order valence-corrected chi connectivity index (χ4v) is 1.74. The molecule has 0 atom stereocenters. The van der Waals surface area contributed by atoms with Crippen LogP contribution < -0.4 is 5.46 Å². The molecule has 0 aliphatic rings. The smallest absolute Gasteiger partial charge is 0.330 e. The fraction of sp³-hybridized carbons (Fsp3) is 0.571. The first-order valence-electron chi connectivity index (χ1n) is 6.07. The van der Waals surface area contributed by atoms with E-state index in [-0.39, 0.29) is 0 Å². The van der Waals surface area contributed by atoms with Crippen molar-refractivity contribution < 1.29 is 9.76 Å². The van der Waals surface area contributed by atoms with Crippen LogP contribution in [0.15, 0.2) is 24.3 Å². The maximum absolute atomic E-state index is 9.99. The molecule has 0 fully saturated rings. The van der Waals surface area contributed by atoms with Crippen LogP contribution in [0.1, 0.15) is 33.3 Å². The molecule has 18 heavy (non-hydrogen) atoms. The van der Waals surface area contributed by atoms with Gasteiger partial charge >= 0.3 is 7.48 Å². The molecule has 1 aromatic rings. The van der Waals surface area contributed by atoms with Crippen molar-refractivity contribution in [1.29, 1.82) is 0 Å². The maximum Gasteiger partial charge on any atom is 0.330 e. The van der Waals surface area contributed by atoms with E-state index < -0.39 is 11.2 Å². The topological polar surface area (TPSA) is 29.5 Å². The van der Waals surface area contributed by atoms with Gasteiger partial charge in [0, 0.05) is 5.75 Å². The highest BCUT2D eigenvalue weighted by atomic mass is 32.2. The monoisotopic (exact) mass is 265 g/mol. The predicted molar refractivity (Wildman–Crippen MR) is 80.5 cm³/mol. The van der Waals surface area contributed by atoms with Gasteiger partial charge < -0.3 is 9.76 Å². The van der Waals surface area contributed by atoms with Crippen LogP contribution in [-0.2, 0) is 10.4 Å². The summed E-state index contributed by atoms with van der Waals surface area (Å²) in [5.74, 6) is 1.02. The van der Waals surface area contributed by atoms with E-state index in [1.807, 2.05) is 37.7 Å². The van der Waals surface area contributed by atoms with Crippen molar-refractivity contribution in [3.8, 4) is 0 Å². The summed E-state index contributed by atoms with van der Waals surface area (Å²) in [6.07, 6.45) is 2.09. The Morgan fingerprint density at radius 2 is 1.72 bits per heavy atom. The maximum atomic E-state index is 9.99. The molecule has 0 aliphatic carbocycles. The molecule has 0 amide bonds. The first kappa shape index (κ1) is 15.6. The van der Waals surface area contributed by atoms with E-state index >= 15 is 0 Å². The van der Waals surface area contributed by atoms with Crippen molar-refractivity contribution >= 4 is 24.7 Å². The molecule has 0 spiro atoms. The third-order valence-electron chi connectivity index (χ3n) is 3.25. The molecule has 1 rings (SSSR count). The minimum atomic E-state index is -0.887. The summed E-state index contributed by atoms with van der Waals surface area (Å²) in [6.45, 7) is 7.27. The summed E-state index contributed by atoms with van der Waals surface area (Å²) in [6, 6.07) is 8.27. The third kappa shape index (κ3) is 4.34. The molecule has 0 aromatic heterocycles. The Morgan fingerprint density at radius 1 is 1.17 bits per heavy atom. The molecule has 2 nitrogen and oxygen atoms in total. The molecule has 0 unspecified atom stereocenters. The predicted octanol–water partition coefficient (Wildman–Crippen LogP) is 2.36. The lowest BCUT2D eigenvalue weighted by atomic mass is 9.82. The summed E-state index contributed by atoms with van der Waals surface area (Å²) < 4.78 is 5.70. The zero-order valence-electron chi connectivity index (χ0n) is 11.9. The lowest BCUT2D eigenvalue weighted by Gasteiger charge is -2.37. The second kappa shape index (κ2) is 6.13. The van der Waals surface area contributed by atoms with Crippen molar-refractivity contribution in [3.63, 3.8) is 0 Å². The Hall–Kier alpha value is -0.445. The average molecular weight is 265 g/mol. The van der Waals surface area contributed by atoms with Crippen molar-refractivity contribution in [1.82, 2.24) is 0 Å². The van der Waals surface area contributed by atoms with Gasteiger partial charge in [-0.15, -0.1) is 0 Å². The van der Waals surface area contributed by atoms with Gasteiger partial charge in [-0.2, -0.15) is 11.8 Å². The van der Waals surface area contributed by atoms with Gasteiger partial charge in [0.2, 0.25) is 0 Å². The Balaban J connectivity index is 2.59. The van der Waals surface area contributed by atoms with E-state index in [1.54, 1.807) is 21.3 Å². The van der Waals surface area contributed by atoms with Gasteiger partial charge in [-0.1, -0.05) is 29.7 Å². The SMILES string of the molecule is CSCc1ccc([B]OC(C)(C)C(C)(C)O)cc1. The third-order valence-corrected chi connectivity index (χ3v) is 3.88. The van der Waals surface area contributed by atoms with Gasteiger partial charge in [0.1, 0.15) is 0 Å². The molecule has 1 aromatic carbocycles. The lowest BCUT2D eigenvalue weighted by molar-refractivity contribution is -0.0893. The number of hydrogen-bond acceptors (Lipinski definition) is 3. The first-order chi connectivity index (χ1) is 8.26. The molecule has 0 saturated heterocycles. The number of aliphatic hydroxyl groups is 1. The van der Waals surface area contributed by atoms with Crippen molar-refractivity contribution in [3.05, 3.63) is 29.8 Å². The summed E-state index contributed by atoms with van der Waals surface area (Å²) in [5, 5.41) is 9.99. The van der Waals surface area contributed by atoms with Crippen LogP contribution in [0.2, 0.25) is 0 Å². The summed E-state index contributed by atoms with van der Waals surface area (Å²) in [4.78, 5) is 0. The van der Waals surface area contributed by atoms with Crippen molar-refractivity contribution in [2.45, 2.75) is 44.6 Å². The van der Waals surface area contributed by atoms with E-state index in [1.165, 1.54) is 5.56 Å². The number of hydrogen-bond donors (Lipinski definition) is 1. The van der Waals surface area contributed by atoms with Gasteiger partial charge in [0.25, 0.3) is 0 Å². The Labute approximate surface area is 115 Å². The van der Waals surface area contributed by atoms with Crippen LogP contribution >= 0.6 is 11.8 Å². The van der Waals surface area contributed by atoms with Gasteiger partial charge in [-0.25, -0.2) is 0 Å². The van der Waals surface area contributed by atoms with Crippen molar-refractivity contribution in [2.24, 2.45) is 0 Å². The van der Waals surface area contributed by atoms with Crippen LogP contribution in [0.25, 0.3) is 0 Å². The molecule has 1 radical (unpaired) electrons. The zero-order chi connectivity index (χ0) is 13.8. The van der Waals surface area contributed by atoms with Crippen LogP contribution in [0, 0.1) is 0 Å². The zero-order valence-corrected chi connectivity index (χ0v) is 12.7. The van der Waals surface area contributed by atoms with Gasteiger partial charge in [-0.3, -0.25) is 0 Å². The van der Waals surface area contributed by atoms with E-state index in [2.05, 4.69) is 18.4 Å². The van der Waals surface area contributed by atoms with Crippen LogP contribution in [0.5, 0.6) is 0 Å². The molecular weight excluding hydrogens is 243 g/mol. The quantitative estimate of drug-likeness (QED) is 0.801. The van der Waals surface area contributed by atoms with E-state index in [0.717, 1.165) is 11.2 Å². The average Bonchev–Trinajstić information content (AvgIpc) is 2.27. The fourth-order valence-electron chi connectivity index (χ4n) is 1.22. The van der Waals surface area contributed by atoms with Crippen LogP contribution in [0.3, 0.4) is 0 Å². The Kier molecular flexibility index (Phi) is 5.32. The second-order valence-electron chi connectivity index (χ2n) is 5.48. The highest BCUT2D eigenvalue weighted by molar-refractivity contribution is 7.97. The van der Waals surface area contributed by atoms with Gasteiger partial charge in [0.15, 0.2) is 0 Å². The summed E-state index contributed by atoms with van der Waals surface area (Å²) in [5.41, 5.74) is 0.811. The molecule has 0 heterocycles. The second-order valence-corrected chi connectivity index (χ2v) is 6.35. The molecule has 0 aliphatic heterocycles. The molecule has 0 saturated carbocycles. The standard InChI is InChI=1S/C14H22BO2S/c1-13(2,16)14(3,4)17-15-12-8-6-11(7-9-12)10-18-5/h6-9,16H,10H2,1-5H3. The lowest BCUT2D eigenvalue weighted by Crippen LogP contribution is -2.49. The molecule has 99 valence electrons. The Bertz CT molecular complexity index is 368. The normalized spacial score (nSPS) is 12.6. The largest absolute Gasteiger partial charge is 0.427 e. The molecular formula is C14H22BO2S. The highest BCUT2D eigenvalue weighted by Gasteiger charge is 2.35. The van der Waals surface area contributed by atoms with E-state index in [0.29, 0.717) is 0 Å². The number of rotatable bonds is 6. The highest BCUT2D eigenvalue weighted by Crippen LogP contribution is 2.24. The minimum Gasteiger partial charge on any atom is -0.427 e. The van der Waals surface area contributed by atoms with Gasteiger partial charge in [-0.05, 0) is 39.5 Å². The summed E-state index contributed by atoms with van der Waals surface area (Å²) >= 11 is 1.81. The summed E-state index contributed by atoms with van der Waals surface area (Å²) in [7, 11) is 1.71. The Morgan fingerprint density at radius 3 is 2.17 bits per heavy atom. The molecule has 4 heteroatoms. The number of thioether (sulfide) groups is 1.